The molecule has 3 heterocycles. The van der Waals surface area contributed by atoms with E-state index in [2.05, 4.69) is 33.3 Å². The molecule has 236 valence electrons. The summed E-state index contributed by atoms with van der Waals surface area (Å²) in [5.74, 6) is 1.89. The van der Waals surface area contributed by atoms with Gasteiger partial charge < -0.3 is 24.6 Å². The number of carbonyl (C=O) groups is 2. The third-order valence-corrected chi connectivity index (χ3v) is 10.5. The molecule has 3 saturated heterocycles. The van der Waals surface area contributed by atoms with E-state index in [0.29, 0.717) is 30.0 Å². The van der Waals surface area contributed by atoms with E-state index in [1.54, 1.807) is 7.11 Å². The SMILES string of the molecule is COC1=C(NC2CCN(C(=O)C3CCC(CN4CC5(CCN(Cc6ccc(C#N)cc6)CC5)OC4=O)CC3)CC2)C=CCC1. The van der Waals surface area contributed by atoms with Crippen molar-refractivity contribution in [3.05, 3.63) is 59.0 Å². The first kappa shape index (κ1) is 30.5. The zero-order valence-corrected chi connectivity index (χ0v) is 26.1. The van der Waals surface area contributed by atoms with Crippen molar-refractivity contribution in [2.45, 2.75) is 82.4 Å². The second-order valence-corrected chi connectivity index (χ2v) is 13.5. The number of allylic oxidation sites excluding steroid dienone is 3. The molecule has 6 rings (SSSR count). The van der Waals surface area contributed by atoms with Gasteiger partial charge in [0.15, 0.2) is 0 Å². The molecule has 44 heavy (non-hydrogen) atoms. The third kappa shape index (κ3) is 7.07. The maximum Gasteiger partial charge on any atom is 0.410 e. The molecule has 1 saturated carbocycles. The quantitative estimate of drug-likeness (QED) is 0.451. The van der Waals surface area contributed by atoms with Crippen molar-refractivity contribution in [2.75, 3.05) is 46.4 Å². The number of nitriles is 1. The molecule has 5 aliphatic rings. The average molecular weight is 602 g/mol. The first-order valence-electron chi connectivity index (χ1n) is 16.6. The number of hydrogen-bond donors (Lipinski definition) is 1. The molecular weight excluding hydrogens is 554 g/mol. The number of piperidine rings is 2. The smallest absolute Gasteiger partial charge is 0.410 e. The second-order valence-electron chi connectivity index (χ2n) is 13.5. The van der Waals surface area contributed by atoms with Crippen LogP contribution in [0.15, 0.2) is 47.9 Å². The fourth-order valence-electron chi connectivity index (χ4n) is 7.77. The monoisotopic (exact) mass is 601 g/mol. The normalized spacial score (nSPS) is 26.0. The molecule has 2 aliphatic carbocycles. The number of amides is 2. The van der Waals surface area contributed by atoms with Crippen LogP contribution >= 0.6 is 0 Å². The van der Waals surface area contributed by atoms with Gasteiger partial charge in [-0.1, -0.05) is 18.2 Å². The van der Waals surface area contributed by atoms with Crippen molar-refractivity contribution < 1.29 is 19.1 Å². The van der Waals surface area contributed by atoms with Gasteiger partial charge in [0.25, 0.3) is 0 Å². The first-order chi connectivity index (χ1) is 21.4. The molecule has 9 heteroatoms. The Morgan fingerprint density at radius 2 is 1.80 bits per heavy atom. The predicted octanol–water partition coefficient (Wildman–Crippen LogP) is 4.94. The highest BCUT2D eigenvalue weighted by Gasteiger charge is 2.47. The van der Waals surface area contributed by atoms with Crippen LogP contribution in [0.5, 0.6) is 0 Å². The molecule has 1 N–H and O–H groups in total. The highest BCUT2D eigenvalue weighted by Crippen LogP contribution is 2.37. The van der Waals surface area contributed by atoms with Crippen LogP contribution in [-0.2, 0) is 20.8 Å². The van der Waals surface area contributed by atoms with E-state index in [1.165, 1.54) is 5.56 Å². The van der Waals surface area contributed by atoms with E-state index in [4.69, 9.17) is 14.7 Å². The number of nitrogens with zero attached hydrogens (tertiary/aromatic N) is 4. The fraction of sp³-hybridized carbons (Fsp3) is 0.629. The summed E-state index contributed by atoms with van der Waals surface area (Å²) >= 11 is 0. The molecule has 0 atom stereocenters. The molecule has 1 spiro atoms. The molecular formula is C35H47N5O4. The van der Waals surface area contributed by atoms with Crippen LogP contribution in [0.2, 0.25) is 0 Å². The van der Waals surface area contributed by atoms with Gasteiger partial charge in [-0.3, -0.25) is 9.69 Å². The van der Waals surface area contributed by atoms with Gasteiger partial charge in [-0.2, -0.15) is 5.26 Å². The minimum absolute atomic E-state index is 0.108. The van der Waals surface area contributed by atoms with E-state index in [1.807, 2.05) is 29.2 Å². The standard InChI is InChI=1S/C35H47N5O4/c1-43-32-5-3-2-4-31(32)37-30-14-18-39(19-15-30)33(41)29-12-10-28(11-13-29)24-40-25-35(44-34(40)42)16-20-38(21-17-35)23-27-8-6-26(22-36)7-9-27/h2,4,6-9,28-30,37H,3,5,10-21,23-25H2,1H3. The fourth-order valence-corrected chi connectivity index (χ4v) is 7.77. The zero-order valence-electron chi connectivity index (χ0n) is 26.1. The summed E-state index contributed by atoms with van der Waals surface area (Å²) in [4.78, 5) is 32.7. The van der Waals surface area contributed by atoms with Crippen LogP contribution in [0, 0.1) is 23.2 Å². The number of ether oxygens (including phenoxy) is 2. The Hall–Kier alpha value is -3.51. The molecule has 4 fully saturated rings. The number of rotatable bonds is 8. The first-order valence-corrected chi connectivity index (χ1v) is 16.6. The summed E-state index contributed by atoms with van der Waals surface area (Å²) in [7, 11) is 1.74. The zero-order chi connectivity index (χ0) is 30.5. The molecule has 0 bridgehead atoms. The maximum absolute atomic E-state index is 13.4. The van der Waals surface area contributed by atoms with Crippen molar-refractivity contribution in [3.8, 4) is 6.07 Å². The van der Waals surface area contributed by atoms with E-state index in [-0.39, 0.29) is 17.6 Å². The van der Waals surface area contributed by atoms with Gasteiger partial charge in [0.05, 0.1) is 31.0 Å². The number of methoxy groups -OCH3 is 1. The van der Waals surface area contributed by atoms with Crippen molar-refractivity contribution in [2.24, 2.45) is 11.8 Å². The summed E-state index contributed by atoms with van der Waals surface area (Å²) in [5, 5.41) is 12.7. The number of benzene rings is 1. The molecule has 0 unspecified atom stereocenters. The molecule has 1 aromatic carbocycles. The van der Waals surface area contributed by atoms with Crippen LogP contribution in [0.1, 0.15) is 75.3 Å². The van der Waals surface area contributed by atoms with Crippen LogP contribution in [0.25, 0.3) is 0 Å². The molecule has 9 nitrogen and oxygen atoms in total. The Kier molecular flexibility index (Phi) is 9.46. The van der Waals surface area contributed by atoms with Crippen LogP contribution in [-0.4, -0.2) is 84.7 Å². The van der Waals surface area contributed by atoms with Crippen molar-refractivity contribution >= 4 is 12.0 Å². The van der Waals surface area contributed by atoms with Crippen LogP contribution < -0.4 is 5.32 Å². The maximum atomic E-state index is 13.4. The number of carbonyl (C=O) groups excluding carboxylic acids is 2. The van der Waals surface area contributed by atoms with Gasteiger partial charge in [0.1, 0.15) is 11.4 Å². The van der Waals surface area contributed by atoms with E-state index in [9.17, 15) is 9.59 Å². The van der Waals surface area contributed by atoms with E-state index < -0.39 is 0 Å². The highest BCUT2D eigenvalue weighted by molar-refractivity contribution is 5.79. The van der Waals surface area contributed by atoms with Crippen LogP contribution in [0.3, 0.4) is 0 Å². The molecule has 1 aromatic rings. The molecule has 2 amide bonds. The Morgan fingerprint density at radius 1 is 1.07 bits per heavy atom. The van der Waals surface area contributed by atoms with Gasteiger partial charge in [0.2, 0.25) is 5.91 Å². The van der Waals surface area contributed by atoms with Crippen molar-refractivity contribution in [1.29, 1.82) is 5.26 Å². The lowest BCUT2D eigenvalue weighted by Gasteiger charge is -2.38. The summed E-state index contributed by atoms with van der Waals surface area (Å²) in [6.07, 6.45) is 13.5. The summed E-state index contributed by atoms with van der Waals surface area (Å²) in [5.41, 5.74) is 2.61. The lowest BCUT2D eigenvalue weighted by Crippen LogP contribution is -2.47. The largest absolute Gasteiger partial charge is 0.499 e. The Bertz CT molecular complexity index is 1280. The predicted molar refractivity (Wildman–Crippen MR) is 167 cm³/mol. The number of nitrogens with one attached hydrogen (secondary N) is 1. The Balaban J connectivity index is 0.908. The van der Waals surface area contributed by atoms with Gasteiger partial charge >= 0.3 is 6.09 Å². The van der Waals surface area contributed by atoms with E-state index in [0.717, 1.165) is 115 Å². The molecule has 3 aliphatic heterocycles. The lowest BCUT2D eigenvalue weighted by atomic mass is 9.80. The summed E-state index contributed by atoms with van der Waals surface area (Å²) in [6, 6.07) is 10.3. The summed E-state index contributed by atoms with van der Waals surface area (Å²) in [6.45, 7) is 5.67. The number of hydrogen-bond acceptors (Lipinski definition) is 7. The minimum Gasteiger partial charge on any atom is -0.499 e. The third-order valence-electron chi connectivity index (χ3n) is 10.5. The number of likely N-dealkylation sites (tertiary alicyclic amines) is 2. The summed E-state index contributed by atoms with van der Waals surface area (Å²) < 4.78 is 11.6. The highest BCUT2D eigenvalue weighted by atomic mass is 16.6. The van der Waals surface area contributed by atoms with Gasteiger partial charge in [-0.05, 0) is 74.6 Å². The Labute approximate surface area is 261 Å². The topological polar surface area (TPSA) is 98.1 Å². The Morgan fingerprint density at radius 3 is 2.48 bits per heavy atom. The second kappa shape index (κ2) is 13.6. The molecule has 0 radical (unpaired) electrons. The minimum atomic E-state index is -0.374. The van der Waals surface area contributed by atoms with Crippen LogP contribution in [0.4, 0.5) is 4.79 Å². The van der Waals surface area contributed by atoms with Crippen molar-refractivity contribution in [1.82, 2.24) is 20.0 Å². The average Bonchev–Trinajstić information content (AvgIpc) is 3.36. The van der Waals surface area contributed by atoms with Crippen molar-refractivity contribution in [3.63, 3.8) is 0 Å². The van der Waals surface area contributed by atoms with Gasteiger partial charge in [0, 0.05) is 70.5 Å². The van der Waals surface area contributed by atoms with Gasteiger partial charge in [-0.15, -0.1) is 0 Å². The van der Waals surface area contributed by atoms with Gasteiger partial charge in [-0.25, -0.2) is 4.79 Å². The van der Waals surface area contributed by atoms with E-state index >= 15 is 0 Å². The molecule has 0 aromatic heterocycles. The lowest BCUT2D eigenvalue weighted by molar-refractivity contribution is -0.138.